The van der Waals surface area contributed by atoms with Crippen molar-refractivity contribution in [1.82, 2.24) is 4.57 Å². The van der Waals surface area contributed by atoms with Crippen LogP contribution in [0.2, 0.25) is 0 Å². The zero-order valence-electron chi connectivity index (χ0n) is 13.8. The molecule has 0 spiro atoms. The number of fused-ring (bicyclic) bond motifs is 1. The molecule has 26 heavy (non-hydrogen) atoms. The van der Waals surface area contributed by atoms with Crippen LogP contribution in [0.3, 0.4) is 0 Å². The van der Waals surface area contributed by atoms with Crippen LogP contribution in [0.1, 0.15) is 11.1 Å². The van der Waals surface area contributed by atoms with E-state index in [2.05, 4.69) is 22.8 Å². The molecule has 0 aliphatic carbocycles. The molecule has 0 saturated carbocycles. The van der Waals surface area contributed by atoms with Gasteiger partial charge in [0.1, 0.15) is 0 Å². The third kappa shape index (κ3) is 3.23. The van der Waals surface area contributed by atoms with E-state index in [1.807, 2.05) is 42.6 Å². The number of benzene rings is 3. The van der Waals surface area contributed by atoms with Gasteiger partial charge in [0.2, 0.25) is 0 Å². The molecule has 0 bridgehead atoms. The topological polar surface area (TPSA) is 4.93 Å². The molecule has 1 aromatic heterocycles. The Bertz CT molecular complexity index is 1030. The lowest BCUT2D eigenvalue weighted by atomic mass is 10.0. The van der Waals surface area contributed by atoms with Crippen molar-refractivity contribution in [2.45, 2.75) is 12.7 Å². The summed E-state index contributed by atoms with van der Waals surface area (Å²) in [6.07, 6.45) is -2.41. The van der Waals surface area contributed by atoms with Gasteiger partial charge < -0.3 is 4.57 Å². The predicted octanol–water partition coefficient (Wildman–Crippen LogP) is 6.18. The molecule has 4 aromatic rings. The molecule has 1 radical (unpaired) electrons. The summed E-state index contributed by atoms with van der Waals surface area (Å²) in [6.45, 7) is 0.720. The Morgan fingerprint density at radius 3 is 2.19 bits per heavy atom. The van der Waals surface area contributed by atoms with Gasteiger partial charge in [-0.15, -0.1) is 0 Å². The van der Waals surface area contributed by atoms with E-state index in [1.54, 1.807) is 0 Å². The van der Waals surface area contributed by atoms with E-state index in [0.717, 1.165) is 40.7 Å². The van der Waals surface area contributed by atoms with Crippen molar-refractivity contribution in [3.63, 3.8) is 0 Å². The lowest BCUT2D eigenvalue weighted by Crippen LogP contribution is -2.04. The molecule has 0 atom stereocenters. The highest BCUT2D eigenvalue weighted by atomic mass is 19.4. The number of hydrogen-bond donors (Lipinski definition) is 0. The molecule has 1 nitrogen and oxygen atoms in total. The molecule has 0 N–H and O–H groups in total. The summed E-state index contributed by atoms with van der Waals surface area (Å²) in [4.78, 5) is 0. The van der Waals surface area contributed by atoms with Crippen LogP contribution in [0.15, 0.2) is 79.0 Å². The van der Waals surface area contributed by atoms with E-state index in [4.69, 9.17) is 0 Å². The lowest BCUT2D eigenvalue weighted by molar-refractivity contribution is -0.137. The highest BCUT2D eigenvalue weighted by Crippen LogP contribution is 2.32. The van der Waals surface area contributed by atoms with E-state index in [1.165, 1.54) is 17.7 Å². The fraction of sp³-hybridized carbons (Fsp3) is 0.0909. The summed E-state index contributed by atoms with van der Waals surface area (Å²) in [5, 5.41) is 0.983. The molecule has 0 unspecified atom stereocenters. The predicted molar refractivity (Wildman–Crippen MR) is 96.8 cm³/mol. The van der Waals surface area contributed by atoms with Crippen LogP contribution < -0.4 is 0 Å². The Balaban J connectivity index is 1.70. The zero-order chi connectivity index (χ0) is 18.1. The second-order valence-electron chi connectivity index (χ2n) is 6.19. The van der Waals surface area contributed by atoms with Crippen LogP contribution in [-0.2, 0) is 12.7 Å². The maximum Gasteiger partial charge on any atom is 0.416 e. The van der Waals surface area contributed by atoms with Crippen molar-refractivity contribution in [3.05, 3.63) is 96.2 Å². The van der Waals surface area contributed by atoms with Gasteiger partial charge in [-0.05, 0) is 34.9 Å². The maximum atomic E-state index is 12.7. The highest BCUT2D eigenvalue weighted by molar-refractivity contribution is 5.85. The van der Waals surface area contributed by atoms with Gasteiger partial charge in [0.15, 0.2) is 0 Å². The summed E-state index contributed by atoms with van der Waals surface area (Å²) in [7, 11) is 0. The standard InChI is InChI=1S/C22H15F3N/c23-22(24,25)20-10-8-17(9-11-20)19-7-6-18-12-13-26(21(18)14-19)15-16-4-2-1-3-5-16/h1-11,13-14H,15H2. The number of hydrogen-bond acceptors (Lipinski definition) is 0. The van der Waals surface area contributed by atoms with E-state index >= 15 is 0 Å². The summed E-state index contributed by atoms with van der Waals surface area (Å²) in [5.74, 6) is 0. The lowest BCUT2D eigenvalue weighted by Gasteiger charge is -2.09. The number of rotatable bonds is 3. The van der Waals surface area contributed by atoms with Gasteiger partial charge in [-0.1, -0.05) is 54.6 Å². The first-order chi connectivity index (χ1) is 12.5. The minimum absolute atomic E-state index is 0.636. The third-order valence-electron chi connectivity index (χ3n) is 4.42. The molecule has 0 aliphatic rings. The van der Waals surface area contributed by atoms with E-state index in [9.17, 15) is 13.2 Å². The third-order valence-corrected chi connectivity index (χ3v) is 4.42. The van der Waals surface area contributed by atoms with Gasteiger partial charge in [-0.2, -0.15) is 13.2 Å². The van der Waals surface area contributed by atoms with Gasteiger partial charge >= 0.3 is 6.18 Å². The molecule has 4 heteroatoms. The van der Waals surface area contributed by atoms with E-state index < -0.39 is 11.7 Å². The largest absolute Gasteiger partial charge is 0.416 e. The molecule has 0 aliphatic heterocycles. The van der Waals surface area contributed by atoms with Crippen LogP contribution in [0.25, 0.3) is 22.0 Å². The average Bonchev–Trinajstić information content (AvgIpc) is 3.04. The monoisotopic (exact) mass is 350 g/mol. The Morgan fingerprint density at radius 1 is 0.808 bits per heavy atom. The Morgan fingerprint density at radius 2 is 1.50 bits per heavy atom. The van der Waals surface area contributed by atoms with Crippen LogP contribution in [-0.4, -0.2) is 4.57 Å². The van der Waals surface area contributed by atoms with Crippen molar-refractivity contribution in [3.8, 4) is 11.1 Å². The van der Waals surface area contributed by atoms with Gasteiger partial charge in [0.25, 0.3) is 0 Å². The Labute approximate surface area is 149 Å². The van der Waals surface area contributed by atoms with Crippen molar-refractivity contribution in [2.24, 2.45) is 0 Å². The average molecular weight is 350 g/mol. The smallest absolute Gasteiger partial charge is 0.342 e. The SMILES string of the molecule is FC(F)(F)c1ccc(-c2ccc3[c]cn(Cc4ccccc4)c3c2)cc1. The number of nitrogens with zero attached hydrogens (tertiary/aromatic N) is 1. The molecule has 3 aromatic carbocycles. The van der Waals surface area contributed by atoms with E-state index in [0.29, 0.717) is 0 Å². The number of halogens is 3. The molecule has 0 amide bonds. The number of aromatic nitrogens is 1. The zero-order valence-corrected chi connectivity index (χ0v) is 13.8. The van der Waals surface area contributed by atoms with Gasteiger partial charge in [0, 0.05) is 29.7 Å². The molecule has 1 heterocycles. The number of alkyl halides is 3. The van der Waals surface area contributed by atoms with Crippen molar-refractivity contribution in [2.75, 3.05) is 0 Å². The molecule has 0 saturated heterocycles. The van der Waals surface area contributed by atoms with Crippen molar-refractivity contribution in [1.29, 1.82) is 0 Å². The first-order valence-corrected chi connectivity index (χ1v) is 8.23. The second kappa shape index (κ2) is 6.37. The van der Waals surface area contributed by atoms with Gasteiger partial charge in [0.05, 0.1) is 5.56 Å². The summed E-state index contributed by atoms with van der Waals surface area (Å²) >= 11 is 0. The maximum absolute atomic E-state index is 12.7. The second-order valence-corrected chi connectivity index (χ2v) is 6.19. The Kier molecular flexibility index (Phi) is 4.03. The minimum Gasteiger partial charge on any atom is -0.342 e. The quantitative estimate of drug-likeness (QED) is 0.416. The van der Waals surface area contributed by atoms with Crippen molar-refractivity contribution < 1.29 is 13.2 Å². The summed E-state index contributed by atoms with van der Waals surface area (Å²) < 4.78 is 40.3. The summed E-state index contributed by atoms with van der Waals surface area (Å²) in [6, 6.07) is 24.4. The Hall–Kier alpha value is -3.01. The highest BCUT2D eigenvalue weighted by Gasteiger charge is 2.29. The normalized spacial score (nSPS) is 11.8. The van der Waals surface area contributed by atoms with E-state index in [-0.39, 0.29) is 0 Å². The fourth-order valence-electron chi connectivity index (χ4n) is 3.05. The molecule has 129 valence electrons. The molecular weight excluding hydrogens is 335 g/mol. The first kappa shape index (κ1) is 16.5. The van der Waals surface area contributed by atoms with Crippen LogP contribution in [0, 0.1) is 6.07 Å². The fourth-order valence-corrected chi connectivity index (χ4v) is 3.05. The minimum atomic E-state index is -4.32. The van der Waals surface area contributed by atoms with Crippen LogP contribution >= 0.6 is 0 Å². The first-order valence-electron chi connectivity index (χ1n) is 8.23. The molecule has 0 fully saturated rings. The van der Waals surface area contributed by atoms with Crippen LogP contribution in [0.5, 0.6) is 0 Å². The molecular formula is C22H15F3N. The van der Waals surface area contributed by atoms with Gasteiger partial charge in [-0.25, -0.2) is 0 Å². The van der Waals surface area contributed by atoms with Crippen molar-refractivity contribution >= 4 is 10.9 Å². The molecule has 4 rings (SSSR count). The van der Waals surface area contributed by atoms with Gasteiger partial charge in [-0.3, -0.25) is 0 Å². The summed E-state index contributed by atoms with van der Waals surface area (Å²) in [5.41, 5.74) is 3.19. The van der Waals surface area contributed by atoms with Crippen LogP contribution in [0.4, 0.5) is 13.2 Å².